The molecule has 5 heteroatoms. The maximum absolute atomic E-state index is 12.5. The monoisotopic (exact) mass is 346 g/mol. The highest BCUT2D eigenvalue weighted by molar-refractivity contribution is 5.91. The number of hydrogen-bond acceptors (Lipinski definition) is 3. The lowest BCUT2D eigenvalue weighted by Crippen LogP contribution is -3.15. The molecular weight excluding hydrogens is 326 g/mol. The first-order valence-electron chi connectivity index (χ1n) is 9.05. The molecule has 5 rings (SSSR count). The lowest BCUT2D eigenvalue weighted by molar-refractivity contribution is -0.928. The third kappa shape index (κ3) is 2.35. The number of rotatable bonds is 2. The maximum Gasteiger partial charge on any atom is 0.292 e. The van der Waals surface area contributed by atoms with E-state index in [1.54, 1.807) is 6.07 Å². The predicted octanol–water partition coefficient (Wildman–Crippen LogP) is 1.79. The van der Waals surface area contributed by atoms with Crippen LogP contribution in [0.15, 0.2) is 65.3 Å². The molecule has 1 aromatic heterocycles. The summed E-state index contributed by atoms with van der Waals surface area (Å²) >= 11 is 0. The van der Waals surface area contributed by atoms with E-state index in [1.165, 1.54) is 33.4 Å². The van der Waals surface area contributed by atoms with E-state index < -0.39 is 0 Å². The molecule has 0 atom stereocenters. The summed E-state index contributed by atoms with van der Waals surface area (Å²) in [7, 11) is 0. The lowest BCUT2D eigenvalue weighted by Gasteiger charge is -2.35. The van der Waals surface area contributed by atoms with Gasteiger partial charge in [-0.05, 0) is 11.1 Å². The molecule has 2 heterocycles. The van der Waals surface area contributed by atoms with Crippen molar-refractivity contribution in [3.05, 3.63) is 77.7 Å². The minimum absolute atomic E-state index is 0.0613. The van der Waals surface area contributed by atoms with Gasteiger partial charge in [0.1, 0.15) is 6.04 Å². The Morgan fingerprint density at radius 3 is 2.15 bits per heavy atom. The van der Waals surface area contributed by atoms with Gasteiger partial charge >= 0.3 is 0 Å². The molecule has 1 aliphatic heterocycles. The molecular formula is C21H20N3O2+. The Labute approximate surface area is 151 Å². The van der Waals surface area contributed by atoms with Crippen molar-refractivity contribution < 1.29 is 14.2 Å². The van der Waals surface area contributed by atoms with Crippen LogP contribution in [-0.4, -0.2) is 42.1 Å². The average molecular weight is 346 g/mol. The molecule has 0 radical (unpaired) electrons. The quantitative estimate of drug-likeness (QED) is 0.770. The number of hydrogen-bond donors (Lipinski definition) is 1. The van der Waals surface area contributed by atoms with Crippen LogP contribution in [0.5, 0.6) is 0 Å². The largest absolute Gasteiger partial charge is 0.351 e. The van der Waals surface area contributed by atoms with Crippen molar-refractivity contribution in [1.82, 2.24) is 10.1 Å². The number of fused-ring (bicyclic) bond motifs is 3. The van der Waals surface area contributed by atoms with Crippen molar-refractivity contribution in [3.63, 3.8) is 0 Å². The van der Waals surface area contributed by atoms with Gasteiger partial charge in [-0.15, -0.1) is 0 Å². The van der Waals surface area contributed by atoms with Gasteiger partial charge in [0.2, 0.25) is 5.76 Å². The van der Waals surface area contributed by atoms with Gasteiger partial charge in [-0.1, -0.05) is 53.7 Å². The number of benzene rings is 2. The molecule has 1 saturated heterocycles. The van der Waals surface area contributed by atoms with Crippen LogP contribution in [0.2, 0.25) is 0 Å². The highest BCUT2D eigenvalue weighted by Gasteiger charge is 2.38. The molecule has 2 aliphatic rings. The van der Waals surface area contributed by atoms with Gasteiger partial charge in [0.05, 0.1) is 32.4 Å². The van der Waals surface area contributed by atoms with E-state index in [1.807, 2.05) is 4.90 Å². The fourth-order valence-corrected chi connectivity index (χ4v) is 4.36. The highest BCUT2D eigenvalue weighted by atomic mass is 16.5. The number of amides is 1. The molecule has 3 aromatic rings. The van der Waals surface area contributed by atoms with Crippen LogP contribution in [0.1, 0.15) is 27.7 Å². The van der Waals surface area contributed by atoms with E-state index in [9.17, 15) is 4.79 Å². The Hall–Kier alpha value is -2.92. The normalized spacial score (nSPS) is 17.2. The zero-order valence-corrected chi connectivity index (χ0v) is 14.4. The third-order valence-electron chi connectivity index (χ3n) is 5.58. The van der Waals surface area contributed by atoms with Crippen molar-refractivity contribution in [1.29, 1.82) is 0 Å². The molecule has 26 heavy (non-hydrogen) atoms. The van der Waals surface area contributed by atoms with Crippen LogP contribution in [0.4, 0.5) is 0 Å². The van der Waals surface area contributed by atoms with E-state index in [0.717, 1.165) is 26.2 Å². The van der Waals surface area contributed by atoms with E-state index in [2.05, 4.69) is 53.7 Å². The molecule has 0 saturated carbocycles. The summed E-state index contributed by atoms with van der Waals surface area (Å²) in [6.07, 6.45) is 1.52. The molecule has 1 amide bonds. The Morgan fingerprint density at radius 2 is 1.58 bits per heavy atom. The summed E-state index contributed by atoms with van der Waals surface area (Å²) in [5, 5.41) is 3.64. The maximum atomic E-state index is 12.5. The summed E-state index contributed by atoms with van der Waals surface area (Å²) in [5.41, 5.74) is 5.50. The summed E-state index contributed by atoms with van der Waals surface area (Å²) in [6.45, 7) is 3.31. The molecule has 0 spiro atoms. The molecule has 0 unspecified atom stereocenters. The fraction of sp³-hybridized carbons (Fsp3) is 0.238. The Balaban J connectivity index is 1.39. The van der Waals surface area contributed by atoms with E-state index in [4.69, 9.17) is 4.52 Å². The number of carbonyl (C=O) groups excluding carboxylic acids is 1. The van der Waals surface area contributed by atoms with Crippen LogP contribution in [-0.2, 0) is 0 Å². The second-order valence-electron chi connectivity index (χ2n) is 6.93. The first-order chi connectivity index (χ1) is 12.8. The number of quaternary nitrogens is 1. The molecule has 0 bridgehead atoms. The van der Waals surface area contributed by atoms with Gasteiger partial charge in [0.15, 0.2) is 0 Å². The average Bonchev–Trinajstić information content (AvgIpc) is 3.34. The van der Waals surface area contributed by atoms with Crippen LogP contribution in [0.3, 0.4) is 0 Å². The number of carbonyl (C=O) groups is 1. The van der Waals surface area contributed by atoms with E-state index in [-0.39, 0.29) is 5.91 Å². The molecule has 1 aliphatic carbocycles. The van der Waals surface area contributed by atoms with Crippen molar-refractivity contribution in [2.45, 2.75) is 6.04 Å². The van der Waals surface area contributed by atoms with Crippen molar-refractivity contribution in [3.8, 4) is 11.1 Å². The number of piperazine rings is 1. The van der Waals surface area contributed by atoms with Crippen molar-refractivity contribution >= 4 is 5.91 Å². The first kappa shape index (κ1) is 15.3. The minimum Gasteiger partial charge on any atom is -0.351 e. The zero-order valence-electron chi connectivity index (χ0n) is 14.4. The first-order valence-corrected chi connectivity index (χ1v) is 9.05. The standard InChI is InChI=1S/C21H19N3O2/c25-21(19-9-10-22-26-19)24-13-11-23(12-14-24)20-17-7-3-1-5-15(17)16-6-2-4-8-18(16)20/h1-10,20H,11-14H2/p+1. The third-order valence-corrected chi connectivity index (χ3v) is 5.58. The smallest absolute Gasteiger partial charge is 0.292 e. The van der Waals surface area contributed by atoms with Gasteiger partial charge in [-0.25, -0.2) is 0 Å². The lowest BCUT2D eigenvalue weighted by atomic mass is 10.0. The number of aromatic nitrogens is 1. The molecule has 2 aromatic carbocycles. The van der Waals surface area contributed by atoms with Crippen LogP contribution in [0.25, 0.3) is 11.1 Å². The molecule has 5 nitrogen and oxygen atoms in total. The summed E-state index contributed by atoms with van der Waals surface area (Å²) < 4.78 is 5.02. The predicted molar refractivity (Wildman–Crippen MR) is 96.8 cm³/mol. The molecule has 1 N–H and O–H groups in total. The zero-order chi connectivity index (χ0) is 17.5. The van der Waals surface area contributed by atoms with Gasteiger partial charge in [0.25, 0.3) is 5.91 Å². The SMILES string of the molecule is O=C(c1ccno1)N1CC[NH+](C2c3ccccc3-c3ccccc32)CC1. The second kappa shape index (κ2) is 6.11. The van der Waals surface area contributed by atoms with Gasteiger partial charge in [0, 0.05) is 17.2 Å². The van der Waals surface area contributed by atoms with Crippen LogP contribution >= 0.6 is 0 Å². The summed E-state index contributed by atoms with van der Waals surface area (Å²) in [4.78, 5) is 15.9. The van der Waals surface area contributed by atoms with Gasteiger partial charge in [-0.2, -0.15) is 0 Å². The van der Waals surface area contributed by atoms with Gasteiger partial charge in [-0.3, -0.25) is 4.79 Å². The minimum atomic E-state index is -0.0613. The Kier molecular flexibility index (Phi) is 3.60. The summed E-state index contributed by atoms with van der Waals surface area (Å²) in [6, 6.07) is 19.4. The Morgan fingerprint density at radius 1 is 0.962 bits per heavy atom. The fourth-order valence-electron chi connectivity index (χ4n) is 4.36. The second-order valence-corrected chi connectivity index (χ2v) is 6.93. The van der Waals surface area contributed by atoms with Crippen molar-refractivity contribution in [2.75, 3.05) is 26.2 Å². The molecule has 130 valence electrons. The van der Waals surface area contributed by atoms with Crippen molar-refractivity contribution in [2.24, 2.45) is 0 Å². The number of nitrogens with one attached hydrogen (secondary N) is 1. The van der Waals surface area contributed by atoms with E-state index in [0.29, 0.717) is 11.8 Å². The van der Waals surface area contributed by atoms with Gasteiger partial charge < -0.3 is 14.3 Å². The number of nitrogens with zero attached hydrogens (tertiary/aromatic N) is 2. The Bertz CT molecular complexity index is 898. The highest BCUT2D eigenvalue weighted by Crippen LogP contribution is 2.41. The summed E-state index contributed by atoms with van der Waals surface area (Å²) in [5.74, 6) is 0.263. The van der Waals surface area contributed by atoms with Crippen LogP contribution < -0.4 is 4.90 Å². The van der Waals surface area contributed by atoms with E-state index >= 15 is 0 Å². The topological polar surface area (TPSA) is 50.8 Å². The molecule has 1 fully saturated rings. The van der Waals surface area contributed by atoms with Crippen LogP contribution in [0, 0.1) is 0 Å².